The third-order valence-corrected chi connectivity index (χ3v) is 11.4. The Kier molecular flexibility index (Phi) is 29.0. The van der Waals surface area contributed by atoms with Gasteiger partial charge in [-0.3, -0.25) is 4.79 Å². The van der Waals surface area contributed by atoms with Crippen molar-refractivity contribution in [3.8, 4) is 0 Å². The molecule has 0 aromatic rings. The van der Waals surface area contributed by atoms with Crippen molar-refractivity contribution >= 4 is 5.97 Å². The van der Waals surface area contributed by atoms with Crippen molar-refractivity contribution in [3.05, 3.63) is 24.3 Å². The monoisotopic (exact) mass is 730 g/mol. The van der Waals surface area contributed by atoms with Crippen LogP contribution in [0, 0.1) is 0 Å². The van der Waals surface area contributed by atoms with E-state index in [-0.39, 0.29) is 24.3 Å². The van der Waals surface area contributed by atoms with Crippen LogP contribution in [0.3, 0.4) is 0 Å². The Morgan fingerprint density at radius 2 is 0.962 bits per heavy atom. The second-order valence-corrected chi connectivity index (χ2v) is 16.7. The molecule has 0 radical (unpaired) electrons. The lowest BCUT2D eigenvalue weighted by atomic mass is 9.98. The molecular formula is C47H87NO4. The fourth-order valence-electron chi connectivity index (χ4n) is 8.09. The van der Waals surface area contributed by atoms with Gasteiger partial charge in [-0.15, -0.1) is 0 Å². The van der Waals surface area contributed by atoms with Crippen molar-refractivity contribution < 1.29 is 19.0 Å². The molecule has 5 heteroatoms. The molecular weight excluding hydrogens is 643 g/mol. The van der Waals surface area contributed by atoms with Gasteiger partial charge in [-0.25, -0.2) is 0 Å². The lowest BCUT2D eigenvalue weighted by Crippen LogP contribution is -2.33. The lowest BCUT2D eigenvalue weighted by molar-refractivity contribution is -0.196. The molecule has 1 heterocycles. The molecule has 2 fully saturated rings. The summed E-state index contributed by atoms with van der Waals surface area (Å²) in [5.74, 6) is -0.528. The molecule has 52 heavy (non-hydrogen) atoms. The highest BCUT2D eigenvalue weighted by Gasteiger charge is 2.52. The first-order valence-electron chi connectivity index (χ1n) is 23.0. The lowest BCUT2D eigenvalue weighted by Gasteiger charge is -2.30. The number of carbonyl (C=O) groups is 1. The predicted octanol–water partition coefficient (Wildman–Crippen LogP) is 14.0. The van der Waals surface area contributed by atoms with Gasteiger partial charge in [0.05, 0.1) is 18.6 Å². The number of esters is 1. The maximum Gasteiger partial charge on any atom is 0.307 e. The quantitative estimate of drug-likeness (QED) is 0.0365. The summed E-state index contributed by atoms with van der Waals surface area (Å²) in [5, 5.41) is 0. The number of hydrogen-bond donors (Lipinski definition) is 0. The van der Waals surface area contributed by atoms with E-state index in [2.05, 4.69) is 38.2 Å². The van der Waals surface area contributed by atoms with E-state index in [0.717, 1.165) is 38.6 Å². The van der Waals surface area contributed by atoms with Gasteiger partial charge in [-0.2, -0.15) is 0 Å². The van der Waals surface area contributed by atoms with Gasteiger partial charge in [0, 0.05) is 32.2 Å². The van der Waals surface area contributed by atoms with Gasteiger partial charge in [-0.05, 0) is 59.0 Å². The second-order valence-electron chi connectivity index (χ2n) is 16.7. The van der Waals surface area contributed by atoms with Crippen molar-refractivity contribution in [1.82, 2.24) is 4.90 Å². The first kappa shape index (κ1) is 47.0. The van der Waals surface area contributed by atoms with Gasteiger partial charge in [0.15, 0.2) is 5.79 Å². The van der Waals surface area contributed by atoms with Gasteiger partial charge in [0.25, 0.3) is 0 Å². The average molecular weight is 730 g/mol. The standard InChI is InChI=1S/C47H87NO4/c1-5-7-9-11-13-15-17-19-21-23-25-27-29-31-33-35-38-47(51-44-41-43(42-45(44)52-47)50-46(49)37-40-48(3)4)39-36-34-32-30-28-26-24-22-20-18-16-14-12-10-8-6-2/h13,15,19,21,43-45H,5-12,14,16-18,20,22-42H2,1-4H3. The van der Waals surface area contributed by atoms with Crippen molar-refractivity contribution in [2.75, 3.05) is 20.6 Å². The number of rotatable bonds is 36. The summed E-state index contributed by atoms with van der Waals surface area (Å²) in [4.78, 5) is 14.4. The van der Waals surface area contributed by atoms with Crippen LogP contribution in [0.1, 0.15) is 226 Å². The van der Waals surface area contributed by atoms with E-state index in [0.29, 0.717) is 6.42 Å². The highest BCUT2D eigenvalue weighted by molar-refractivity contribution is 5.69. The average Bonchev–Trinajstić information content (AvgIpc) is 3.65. The highest BCUT2D eigenvalue weighted by Crippen LogP contribution is 2.44. The molecule has 2 aliphatic rings. The molecule has 2 rings (SSSR count). The zero-order chi connectivity index (χ0) is 37.4. The molecule has 5 nitrogen and oxygen atoms in total. The fraction of sp³-hybridized carbons (Fsp3) is 0.894. The van der Waals surface area contributed by atoms with Crippen molar-refractivity contribution in [2.45, 2.75) is 250 Å². The first-order valence-corrected chi connectivity index (χ1v) is 23.0. The molecule has 0 aromatic heterocycles. The van der Waals surface area contributed by atoms with Crippen LogP contribution in [0.5, 0.6) is 0 Å². The van der Waals surface area contributed by atoms with Crippen LogP contribution in [0.4, 0.5) is 0 Å². The van der Waals surface area contributed by atoms with E-state index < -0.39 is 5.79 Å². The van der Waals surface area contributed by atoms with E-state index in [4.69, 9.17) is 14.2 Å². The van der Waals surface area contributed by atoms with Crippen molar-refractivity contribution in [3.63, 3.8) is 0 Å². The minimum atomic E-state index is -0.430. The number of ether oxygens (including phenoxy) is 3. The summed E-state index contributed by atoms with van der Waals surface area (Å²) in [6.07, 6.45) is 50.9. The number of unbranched alkanes of at least 4 members (excludes halogenated alkanes) is 24. The van der Waals surface area contributed by atoms with Gasteiger partial charge in [-0.1, -0.05) is 173 Å². The molecule has 0 N–H and O–H groups in total. The molecule has 1 saturated carbocycles. The Balaban J connectivity index is 1.61. The molecule has 1 aliphatic carbocycles. The molecule has 304 valence electrons. The number of carbonyl (C=O) groups excluding carboxylic acids is 1. The second kappa shape index (κ2) is 32.1. The van der Waals surface area contributed by atoms with E-state index in [1.165, 1.54) is 173 Å². The Bertz CT molecular complexity index is 871. The summed E-state index contributed by atoms with van der Waals surface area (Å²) in [6, 6.07) is 0. The molecule has 0 bridgehead atoms. The van der Waals surface area contributed by atoms with Gasteiger partial charge < -0.3 is 19.1 Å². The summed E-state index contributed by atoms with van der Waals surface area (Å²) in [6.45, 7) is 5.29. The van der Waals surface area contributed by atoms with E-state index in [9.17, 15) is 4.79 Å². The summed E-state index contributed by atoms with van der Waals surface area (Å²) < 4.78 is 19.4. The number of fused-ring (bicyclic) bond motifs is 1. The highest BCUT2D eigenvalue weighted by atomic mass is 16.8. The molecule has 2 unspecified atom stereocenters. The maximum atomic E-state index is 12.4. The topological polar surface area (TPSA) is 48.0 Å². The molecule has 0 spiro atoms. The Morgan fingerprint density at radius 3 is 1.40 bits per heavy atom. The number of hydrogen-bond acceptors (Lipinski definition) is 5. The van der Waals surface area contributed by atoms with Crippen molar-refractivity contribution in [1.29, 1.82) is 0 Å². The van der Waals surface area contributed by atoms with Crippen LogP contribution in [0.25, 0.3) is 0 Å². The molecule has 0 aromatic carbocycles. The van der Waals surface area contributed by atoms with Crippen LogP contribution >= 0.6 is 0 Å². The van der Waals surface area contributed by atoms with Crippen LogP contribution in [0.15, 0.2) is 24.3 Å². The maximum absolute atomic E-state index is 12.4. The van der Waals surface area contributed by atoms with Gasteiger partial charge in [0.1, 0.15) is 6.10 Å². The van der Waals surface area contributed by atoms with Crippen LogP contribution in [-0.4, -0.2) is 55.6 Å². The smallest absolute Gasteiger partial charge is 0.307 e. The number of nitrogens with zero attached hydrogens (tertiary/aromatic N) is 1. The fourth-order valence-corrected chi connectivity index (χ4v) is 8.09. The van der Waals surface area contributed by atoms with Gasteiger partial charge >= 0.3 is 5.97 Å². The van der Waals surface area contributed by atoms with E-state index >= 15 is 0 Å². The normalized spacial score (nSPS) is 21.7. The Labute approximate surface area is 323 Å². The minimum Gasteiger partial charge on any atom is -0.462 e. The predicted molar refractivity (Wildman–Crippen MR) is 223 cm³/mol. The zero-order valence-electron chi connectivity index (χ0n) is 35.2. The summed E-state index contributed by atoms with van der Waals surface area (Å²) in [5.41, 5.74) is 0. The van der Waals surface area contributed by atoms with Crippen LogP contribution in [0.2, 0.25) is 0 Å². The van der Waals surface area contributed by atoms with Crippen LogP contribution < -0.4 is 0 Å². The number of allylic oxidation sites excluding steroid dienone is 4. The SMILES string of the molecule is CCCCCC=CCC=CCCCCCCCCC1(CCCCCCCCCCCCCCCCCC)OC2CC(OC(=O)CCN(C)C)CC2O1. The molecule has 0 amide bonds. The van der Waals surface area contributed by atoms with Crippen molar-refractivity contribution in [2.24, 2.45) is 0 Å². The molecule has 1 saturated heterocycles. The Morgan fingerprint density at radius 1 is 0.577 bits per heavy atom. The minimum absolute atomic E-state index is 0.0670. The third kappa shape index (κ3) is 24.3. The summed E-state index contributed by atoms with van der Waals surface area (Å²) >= 11 is 0. The first-order chi connectivity index (χ1) is 25.5. The molecule has 2 atom stereocenters. The summed E-state index contributed by atoms with van der Waals surface area (Å²) in [7, 11) is 3.98. The van der Waals surface area contributed by atoms with Crippen LogP contribution in [-0.2, 0) is 19.0 Å². The Hall–Kier alpha value is -1.17. The molecule has 1 aliphatic heterocycles. The third-order valence-electron chi connectivity index (χ3n) is 11.4. The largest absolute Gasteiger partial charge is 0.462 e. The van der Waals surface area contributed by atoms with E-state index in [1.807, 2.05) is 19.0 Å². The van der Waals surface area contributed by atoms with Gasteiger partial charge in [0.2, 0.25) is 0 Å². The zero-order valence-corrected chi connectivity index (χ0v) is 35.2. The van der Waals surface area contributed by atoms with E-state index in [1.54, 1.807) is 0 Å².